The van der Waals surface area contributed by atoms with Gasteiger partial charge in [-0.2, -0.15) is 13.2 Å². The average molecular weight is 705 g/mol. The van der Waals surface area contributed by atoms with Crippen molar-refractivity contribution in [3.63, 3.8) is 0 Å². The monoisotopic (exact) mass is 704 g/mol. The van der Waals surface area contributed by atoms with Gasteiger partial charge in [0, 0.05) is 64.3 Å². The number of halogens is 4. The molecule has 5 fully saturated rings. The maximum absolute atomic E-state index is 14.0. The predicted molar refractivity (Wildman–Crippen MR) is 176 cm³/mol. The number of imidazole rings is 1. The largest absolute Gasteiger partial charge is 0.506 e. The third-order valence-corrected chi connectivity index (χ3v) is 11.1. The Morgan fingerprint density at radius 3 is 2.31 bits per heavy atom. The number of fused-ring (bicyclic) bond motifs is 4. The second-order valence-electron chi connectivity index (χ2n) is 13.7. The lowest BCUT2D eigenvalue weighted by atomic mass is 9.83. The van der Waals surface area contributed by atoms with E-state index in [2.05, 4.69) is 14.8 Å². The van der Waals surface area contributed by atoms with Crippen LogP contribution in [0.15, 0.2) is 41.2 Å². The zero-order valence-electron chi connectivity index (χ0n) is 27.0. The molecule has 264 valence electrons. The topological polar surface area (TPSA) is 114 Å². The zero-order valence-corrected chi connectivity index (χ0v) is 27.8. The molecule has 15 heteroatoms. The van der Waals surface area contributed by atoms with Gasteiger partial charge >= 0.3 is 18.0 Å². The standard InChI is InChI=1S/C34H40ClF3N6O5/c35-25-18-21(17-24(30(25)45)34(36,37)38)19-29(31(46)42-15-13-41(14-16-42)28-20-40-9-5-22(28)6-10-40)49-33(48)43-11-7-23(8-12-43)44-27-4-2-1-3-26(27)39-32(44)47/h1-4,17-18,22-23,28-29,45H,5-16,19-20H2,(H,39,47)/t28?,29-/m1/s1. The van der Waals surface area contributed by atoms with E-state index in [1.165, 1.54) is 17.7 Å². The summed E-state index contributed by atoms with van der Waals surface area (Å²) in [6.07, 6.45) is -4.11. The highest BCUT2D eigenvalue weighted by molar-refractivity contribution is 6.32. The molecule has 2 bridgehead atoms. The molecule has 0 aliphatic carbocycles. The van der Waals surface area contributed by atoms with Gasteiger partial charge in [-0.1, -0.05) is 23.7 Å². The minimum atomic E-state index is -4.89. The molecule has 5 saturated heterocycles. The van der Waals surface area contributed by atoms with Gasteiger partial charge in [0.1, 0.15) is 5.75 Å². The van der Waals surface area contributed by atoms with Crippen molar-refractivity contribution in [2.24, 2.45) is 5.92 Å². The summed E-state index contributed by atoms with van der Waals surface area (Å²) in [4.78, 5) is 51.1. The normalized spacial score (nSPS) is 24.4. The third kappa shape index (κ3) is 6.87. The lowest BCUT2D eigenvalue weighted by molar-refractivity contribution is -0.143. The molecule has 2 amide bonds. The van der Waals surface area contributed by atoms with E-state index in [1.54, 1.807) is 9.47 Å². The summed E-state index contributed by atoms with van der Waals surface area (Å²) in [5.74, 6) is -0.944. The first-order chi connectivity index (χ1) is 23.5. The van der Waals surface area contributed by atoms with E-state index in [9.17, 15) is 32.7 Å². The van der Waals surface area contributed by atoms with Gasteiger partial charge < -0.3 is 29.5 Å². The van der Waals surface area contributed by atoms with Crippen LogP contribution in [0, 0.1) is 5.92 Å². The van der Waals surface area contributed by atoms with Crippen molar-refractivity contribution in [1.29, 1.82) is 0 Å². The number of amides is 2. The highest BCUT2D eigenvalue weighted by Gasteiger charge is 2.41. The SMILES string of the molecule is O=C(O[C@H](Cc1cc(Cl)c(O)c(C(F)(F)F)c1)C(=O)N1CCN(C2CN3CCC2CC3)CC1)N1CCC(n2c(=O)[nH]c3ccccc32)CC1. The molecule has 0 spiro atoms. The molecule has 2 atom stereocenters. The number of aromatic hydroxyl groups is 1. The molecule has 0 saturated carbocycles. The number of rotatable bonds is 6. The second-order valence-corrected chi connectivity index (χ2v) is 14.1. The summed E-state index contributed by atoms with van der Waals surface area (Å²) >= 11 is 5.99. The molecule has 11 nitrogen and oxygen atoms in total. The number of likely N-dealkylation sites (tertiary alicyclic amines) is 1. The van der Waals surface area contributed by atoms with Crippen LogP contribution in [-0.2, 0) is 22.1 Å². The third-order valence-electron chi connectivity index (χ3n) is 10.8. The van der Waals surface area contributed by atoms with Gasteiger partial charge in [0.2, 0.25) is 0 Å². The Kier molecular flexibility index (Phi) is 9.31. The summed E-state index contributed by atoms with van der Waals surface area (Å²) in [6, 6.07) is 9.57. The van der Waals surface area contributed by atoms with E-state index in [1.807, 2.05) is 24.3 Å². The van der Waals surface area contributed by atoms with E-state index < -0.39 is 40.6 Å². The Morgan fingerprint density at radius 2 is 1.65 bits per heavy atom. The van der Waals surface area contributed by atoms with Crippen LogP contribution in [0.1, 0.15) is 42.9 Å². The summed E-state index contributed by atoms with van der Waals surface area (Å²) in [5, 5.41) is 9.50. The number of phenols is 1. The number of ether oxygens (including phenoxy) is 1. The number of H-pyrrole nitrogens is 1. The first-order valence-corrected chi connectivity index (χ1v) is 17.3. The van der Waals surface area contributed by atoms with E-state index >= 15 is 0 Å². The van der Waals surface area contributed by atoms with Crippen LogP contribution in [0.2, 0.25) is 5.02 Å². The minimum Gasteiger partial charge on any atom is -0.506 e. The maximum Gasteiger partial charge on any atom is 0.420 e. The van der Waals surface area contributed by atoms with E-state index in [0.29, 0.717) is 51.0 Å². The fraction of sp³-hybridized carbons (Fsp3) is 0.559. The number of carbonyl (C=O) groups excluding carboxylic acids is 2. The van der Waals surface area contributed by atoms with Crippen molar-refractivity contribution < 1.29 is 32.6 Å². The van der Waals surface area contributed by atoms with Crippen LogP contribution in [0.4, 0.5) is 18.0 Å². The lowest BCUT2D eigenvalue weighted by Crippen LogP contribution is -2.62. The summed E-state index contributed by atoms with van der Waals surface area (Å²) < 4.78 is 48.7. The summed E-state index contributed by atoms with van der Waals surface area (Å²) in [7, 11) is 0. The molecule has 49 heavy (non-hydrogen) atoms. The number of hydrogen-bond acceptors (Lipinski definition) is 7. The van der Waals surface area contributed by atoms with E-state index in [4.69, 9.17) is 16.3 Å². The van der Waals surface area contributed by atoms with Gasteiger partial charge in [0.05, 0.1) is 21.6 Å². The number of piperidine rings is 4. The van der Waals surface area contributed by atoms with Crippen molar-refractivity contribution in [3.05, 3.63) is 63.0 Å². The van der Waals surface area contributed by atoms with Gasteiger partial charge in [0.15, 0.2) is 6.10 Å². The maximum atomic E-state index is 14.0. The molecule has 8 rings (SSSR count). The number of aromatic amines is 1. The molecular formula is C34H40ClF3N6O5. The van der Waals surface area contributed by atoms with Crippen LogP contribution >= 0.6 is 11.6 Å². The van der Waals surface area contributed by atoms with Gasteiger partial charge in [-0.25, -0.2) is 9.59 Å². The van der Waals surface area contributed by atoms with Crippen LogP contribution in [0.5, 0.6) is 5.75 Å². The molecule has 2 N–H and O–H groups in total. The molecule has 1 aromatic heterocycles. The summed E-state index contributed by atoms with van der Waals surface area (Å²) in [6.45, 7) is 5.93. The van der Waals surface area contributed by atoms with Crippen molar-refractivity contribution in [1.82, 2.24) is 29.2 Å². The Bertz CT molecular complexity index is 1760. The molecule has 5 aliphatic heterocycles. The number of para-hydroxylation sites is 2. The molecule has 5 aliphatic rings. The second kappa shape index (κ2) is 13.5. The molecular weight excluding hydrogens is 665 g/mol. The van der Waals surface area contributed by atoms with Gasteiger partial charge in [-0.3, -0.25) is 14.3 Å². The first kappa shape index (κ1) is 33.7. The van der Waals surface area contributed by atoms with E-state index in [-0.39, 0.29) is 36.8 Å². The van der Waals surface area contributed by atoms with Crippen molar-refractivity contribution in [2.75, 3.05) is 58.9 Å². The van der Waals surface area contributed by atoms with Gasteiger partial charge in [-0.05, 0) is 74.5 Å². The van der Waals surface area contributed by atoms with Gasteiger partial charge in [-0.15, -0.1) is 0 Å². The Hall–Kier alpha value is -3.75. The number of phenolic OH excluding ortho intramolecular Hbond substituents is 1. The number of carbonyl (C=O) groups is 2. The number of alkyl halides is 3. The zero-order chi connectivity index (χ0) is 34.4. The van der Waals surface area contributed by atoms with Crippen LogP contribution in [0.25, 0.3) is 11.0 Å². The van der Waals surface area contributed by atoms with Crippen LogP contribution < -0.4 is 5.69 Å². The molecule has 1 unspecified atom stereocenters. The number of aromatic nitrogens is 2. The number of hydrogen-bond donors (Lipinski definition) is 2. The van der Waals surface area contributed by atoms with Crippen molar-refractivity contribution in [2.45, 2.75) is 56.5 Å². The number of piperazine rings is 1. The highest BCUT2D eigenvalue weighted by atomic mass is 35.5. The Balaban J connectivity index is 1.05. The Morgan fingerprint density at radius 1 is 0.959 bits per heavy atom. The fourth-order valence-electron chi connectivity index (χ4n) is 8.15. The van der Waals surface area contributed by atoms with Crippen LogP contribution in [-0.4, -0.2) is 117 Å². The number of nitrogens with zero attached hydrogens (tertiary/aromatic N) is 5. The minimum absolute atomic E-state index is 0.00427. The number of nitrogens with one attached hydrogen (secondary N) is 1. The van der Waals surface area contributed by atoms with Crippen molar-refractivity contribution in [3.8, 4) is 5.75 Å². The molecule has 6 heterocycles. The lowest BCUT2D eigenvalue weighted by Gasteiger charge is -2.51. The highest BCUT2D eigenvalue weighted by Crippen LogP contribution is 2.41. The smallest absolute Gasteiger partial charge is 0.420 e. The van der Waals surface area contributed by atoms with E-state index in [0.717, 1.165) is 42.8 Å². The quantitative estimate of drug-likeness (QED) is 0.393. The number of benzene rings is 2. The molecule has 0 radical (unpaired) electrons. The summed E-state index contributed by atoms with van der Waals surface area (Å²) in [5.41, 5.74) is -0.0491. The van der Waals surface area contributed by atoms with Crippen LogP contribution in [0.3, 0.4) is 0 Å². The predicted octanol–water partition coefficient (Wildman–Crippen LogP) is 4.33. The first-order valence-electron chi connectivity index (χ1n) is 16.9. The average Bonchev–Trinajstić information content (AvgIpc) is 3.44. The molecule has 3 aromatic rings. The molecule has 2 aromatic carbocycles. The Labute approximate surface area is 286 Å². The van der Waals surface area contributed by atoms with Crippen molar-refractivity contribution >= 4 is 34.6 Å². The van der Waals surface area contributed by atoms with Gasteiger partial charge in [0.25, 0.3) is 5.91 Å². The fourth-order valence-corrected chi connectivity index (χ4v) is 8.39.